The number of benzene rings is 1. The number of nitrogens with two attached hydrogens (primary N) is 1. The number of likely N-dealkylation sites (N-methyl/N-ethyl adjacent to an activating group) is 1. The zero-order valence-electron chi connectivity index (χ0n) is 21.9. The summed E-state index contributed by atoms with van der Waals surface area (Å²) in [4.78, 5) is 40.7. The number of aliphatic hydroxyl groups excluding tert-OH is 2. The number of rotatable bonds is 6. The number of phenols is 1. The van der Waals surface area contributed by atoms with E-state index in [1.165, 1.54) is 11.0 Å². The van der Waals surface area contributed by atoms with Gasteiger partial charge in [0.25, 0.3) is 5.91 Å². The summed E-state index contributed by atoms with van der Waals surface area (Å²) in [5.41, 5.74) is 4.22. The minimum atomic E-state index is -2.64. The lowest BCUT2D eigenvalue weighted by Crippen LogP contribution is -2.63. The lowest BCUT2D eigenvalue weighted by Gasteiger charge is -2.50. The second kappa shape index (κ2) is 9.37. The number of aryl methyl sites for hydroxylation is 1. The van der Waals surface area contributed by atoms with Gasteiger partial charge in [-0.2, -0.15) is 0 Å². The number of aliphatic hydroxyl groups is 3. The van der Waals surface area contributed by atoms with Gasteiger partial charge in [0.1, 0.15) is 22.8 Å². The number of primary amides is 1. The molecule has 0 spiro atoms. The monoisotopic (exact) mass is 536 g/mol. The van der Waals surface area contributed by atoms with Crippen molar-refractivity contribution >= 4 is 17.5 Å². The van der Waals surface area contributed by atoms with Gasteiger partial charge in [-0.15, -0.1) is 0 Å². The van der Waals surface area contributed by atoms with Gasteiger partial charge >= 0.3 is 0 Å². The van der Waals surface area contributed by atoms with E-state index in [-0.39, 0.29) is 29.7 Å². The summed E-state index contributed by atoms with van der Waals surface area (Å²) in [5, 5.41) is 47.9. The number of fused-ring (bicyclic) bond motifs is 3. The van der Waals surface area contributed by atoms with Gasteiger partial charge in [-0.05, 0) is 62.2 Å². The Hall–Kier alpha value is -3.93. The molecule has 2 aromatic rings. The summed E-state index contributed by atoms with van der Waals surface area (Å²) >= 11 is 0. The number of nitrogens with one attached hydrogen (secondary N) is 1. The average Bonchev–Trinajstić information content (AvgIpc) is 3.26. The number of aromatic nitrogens is 1. The number of allylic oxidation sites excluding steroid dienone is 1. The third-order valence-electron chi connectivity index (χ3n) is 8.38. The minimum absolute atomic E-state index is 0.00829. The topological polar surface area (TPSA) is 178 Å². The van der Waals surface area contributed by atoms with Crippen LogP contribution in [0.4, 0.5) is 0 Å². The van der Waals surface area contributed by atoms with Crippen molar-refractivity contribution in [2.45, 2.75) is 37.6 Å². The first-order chi connectivity index (χ1) is 18.4. The minimum Gasteiger partial charge on any atom is -0.510 e. The average molecular weight is 537 g/mol. The summed E-state index contributed by atoms with van der Waals surface area (Å²) in [6, 6.07) is 6.07. The lowest BCUT2D eigenvalue weighted by molar-refractivity contribution is -0.148. The van der Waals surface area contributed by atoms with Crippen LogP contribution >= 0.6 is 0 Å². The lowest BCUT2D eigenvalue weighted by atomic mass is 9.58. The van der Waals surface area contributed by atoms with Crippen LogP contribution in [0.1, 0.15) is 33.6 Å². The molecule has 206 valence electrons. The summed E-state index contributed by atoms with van der Waals surface area (Å²) in [6.45, 7) is 0.995. The molecule has 1 aromatic carbocycles. The van der Waals surface area contributed by atoms with Gasteiger partial charge in [-0.25, -0.2) is 0 Å². The van der Waals surface area contributed by atoms with Gasteiger partial charge in [0.2, 0.25) is 5.78 Å². The second-order valence-electron chi connectivity index (χ2n) is 10.8. The van der Waals surface area contributed by atoms with Crippen LogP contribution in [0.25, 0.3) is 0 Å². The highest BCUT2D eigenvalue weighted by Gasteiger charge is 2.63. The van der Waals surface area contributed by atoms with Crippen molar-refractivity contribution in [3.8, 4) is 5.75 Å². The fourth-order valence-electron chi connectivity index (χ4n) is 6.49. The molecule has 0 saturated carbocycles. The van der Waals surface area contributed by atoms with Gasteiger partial charge in [-0.1, -0.05) is 6.07 Å². The van der Waals surface area contributed by atoms with E-state index < -0.39 is 58.0 Å². The molecule has 39 heavy (non-hydrogen) atoms. The highest BCUT2D eigenvalue weighted by atomic mass is 16.3. The first-order valence-corrected chi connectivity index (χ1v) is 12.7. The number of ketones is 2. The Labute approximate surface area is 224 Å². The summed E-state index contributed by atoms with van der Waals surface area (Å²) in [5.74, 6) is -6.58. The third kappa shape index (κ3) is 3.88. The number of nitrogens with zero attached hydrogens (tertiary/aromatic N) is 2. The van der Waals surface area contributed by atoms with Gasteiger partial charge < -0.3 is 36.0 Å². The highest BCUT2D eigenvalue weighted by Crippen LogP contribution is 2.52. The molecule has 3 aliphatic rings. The Morgan fingerprint density at radius 1 is 1.18 bits per heavy atom. The Kier molecular flexibility index (Phi) is 6.41. The molecule has 0 fully saturated rings. The molecule has 11 nitrogen and oxygen atoms in total. The van der Waals surface area contributed by atoms with Crippen molar-refractivity contribution in [1.82, 2.24) is 14.8 Å². The number of hydrogen-bond donors (Lipinski definition) is 6. The van der Waals surface area contributed by atoms with E-state index in [0.29, 0.717) is 18.7 Å². The van der Waals surface area contributed by atoms with Gasteiger partial charge in [-0.3, -0.25) is 19.3 Å². The molecule has 0 aliphatic heterocycles. The van der Waals surface area contributed by atoms with Crippen LogP contribution < -0.4 is 11.1 Å². The van der Waals surface area contributed by atoms with Crippen molar-refractivity contribution in [2.24, 2.45) is 24.6 Å². The standard InChI is InChI=1S/C28H32N4O7/c1-31(2)22-17-10-14-9-16-13(11-30-12-15-5-4-8-32(15)3)6-7-18(33)20(16)23(34)19(14)25(36)28(17,39)26(37)21(24(22)35)27(29)38/h4-8,14,17,22,30,33,35-36,39H,9-12H2,1-3H3,(H2,29,38)/t14-,17-,22?,28-/m0/s1. The number of hydrogen-bond acceptors (Lipinski definition) is 9. The molecule has 5 rings (SSSR count). The van der Waals surface area contributed by atoms with Crippen LogP contribution in [-0.2, 0) is 36.1 Å². The normalized spacial score (nSPS) is 26.5. The quantitative estimate of drug-likeness (QED) is 0.291. The predicted molar refractivity (Wildman–Crippen MR) is 140 cm³/mol. The van der Waals surface area contributed by atoms with E-state index in [0.717, 1.165) is 11.3 Å². The van der Waals surface area contributed by atoms with E-state index in [1.807, 2.05) is 29.9 Å². The number of amides is 1. The van der Waals surface area contributed by atoms with Gasteiger partial charge in [0.05, 0.1) is 11.6 Å². The number of phenolic OH excluding ortho intramolecular Hbond substituents is 1. The molecule has 1 aromatic heterocycles. The maximum Gasteiger partial charge on any atom is 0.255 e. The Morgan fingerprint density at radius 3 is 2.51 bits per heavy atom. The molecule has 0 radical (unpaired) electrons. The summed E-state index contributed by atoms with van der Waals surface area (Å²) < 4.78 is 1.99. The van der Waals surface area contributed by atoms with Crippen molar-refractivity contribution < 1.29 is 34.8 Å². The molecule has 0 saturated heterocycles. The zero-order chi connectivity index (χ0) is 28.4. The predicted octanol–water partition coefficient (Wildman–Crippen LogP) is 0.749. The largest absolute Gasteiger partial charge is 0.510 e. The number of carbonyl (C=O) groups is 3. The summed E-state index contributed by atoms with van der Waals surface area (Å²) in [7, 11) is 5.14. The van der Waals surface area contributed by atoms with E-state index in [9.17, 15) is 34.8 Å². The molecule has 11 heteroatoms. The van der Waals surface area contributed by atoms with Crippen molar-refractivity contribution in [3.05, 3.63) is 75.5 Å². The molecule has 0 bridgehead atoms. The van der Waals surface area contributed by atoms with Crippen LogP contribution in [0.2, 0.25) is 0 Å². The van der Waals surface area contributed by atoms with Gasteiger partial charge in [0.15, 0.2) is 11.4 Å². The van der Waals surface area contributed by atoms with Crippen LogP contribution in [0, 0.1) is 11.8 Å². The molecular formula is C28H32N4O7. The van der Waals surface area contributed by atoms with Gasteiger partial charge in [0, 0.05) is 43.5 Å². The molecule has 3 aliphatic carbocycles. The number of aromatic hydroxyl groups is 1. The summed E-state index contributed by atoms with van der Waals surface area (Å²) in [6.07, 6.45) is 2.25. The Balaban J connectivity index is 1.57. The van der Waals surface area contributed by atoms with Crippen LogP contribution in [0.3, 0.4) is 0 Å². The zero-order valence-corrected chi connectivity index (χ0v) is 21.9. The molecule has 1 heterocycles. The third-order valence-corrected chi connectivity index (χ3v) is 8.38. The highest BCUT2D eigenvalue weighted by molar-refractivity contribution is 6.24. The maximum atomic E-state index is 13.8. The van der Waals surface area contributed by atoms with Crippen molar-refractivity contribution in [2.75, 3.05) is 14.1 Å². The SMILES string of the molecule is CN(C)C1C(O)=C(C(N)=O)C(=O)[C@@]2(O)C(O)=C3C(=O)c4c(O)ccc(CNCc5cccn5C)c4C[C@H]3C[C@@H]12. The smallest absolute Gasteiger partial charge is 0.255 e. The molecule has 1 amide bonds. The first kappa shape index (κ1) is 26.7. The van der Waals surface area contributed by atoms with E-state index in [1.54, 1.807) is 20.2 Å². The van der Waals surface area contributed by atoms with Crippen molar-refractivity contribution in [3.63, 3.8) is 0 Å². The fourth-order valence-corrected chi connectivity index (χ4v) is 6.49. The molecular weight excluding hydrogens is 504 g/mol. The molecule has 1 unspecified atom stereocenters. The molecule has 7 N–H and O–H groups in total. The van der Waals surface area contributed by atoms with E-state index in [2.05, 4.69) is 5.32 Å². The van der Waals surface area contributed by atoms with Crippen LogP contribution in [0.15, 0.2) is 53.1 Å². The maximum absolute atomic E-state index is 13.8. The van der Waals surface area contributed by atoms with E-state index >= 15 is 0 Å². The second-order valence-corrected chi connectivity index (χ2v) is 10.8. The first-order valence-electron chi connectivity index (χ1n) is 12.7. The van der Waals surface area contributed by atoms with Crippen LogP contribution in [-0.4, -0.2) is 73.1 Å². The number of carbonyl (C=O) groups excluding carboxylic acids is 3. The molecule has 4 atom stereocenters. The fraction of sp³-hybridized carbons (Fsp3) is 0.393. The van der Waals surface area contributed by atoms with Crippen molar-refractivity contribution in [1.29, 1.82) is 0 Å². The Morgan fingerprint density at radius 2 is 1.90 bits per heavy atom. The van der Waals surface area contributed by atoms with E-state index in [4.69, 9.17) is 5.73 Å². The van der Waals surface area contributed by atoms with Crippen LogP contribution in [0.5, 0.6) is 5.75 Å². The number of Topliss-reactive ketones (excluding diaryl/α,β-unsaturated/α-hetero) is 2. The Bertz CT molecular complexity index is 1470.